The molecule has 2 aliphatic rings. The summed E-state index contributed by atoms with van der Waals surface area (Å²) in [6, 6.07) is 23.0. The third-order valence-corrected chi connectivity index (χ3v) is 10.3. The van der Waals surface area contributed by atoms with Crippen LogP contribution >= 0.6 is 0 Å². The van der Waals surface area contributed by atoms with Crippen molar-refractivity contribution in [2.75, 3.05) is 0 Å². The normalized spacial score (nSPS) is 22.9. The molecule has 4 atom stereocenters. The van der Waals surface area contributed by atoms with Gasteiger partial charge in [0.2, 0.25) is 0 Å². The summed E-state index contributed by atoms with van der Waals surface area (Å²) in [6.07, 6.45) is 7.73. The van der Waals surface area contributed by atoms with Gasteiger partial charge >= 0.3 is 0 Å². The van der Waals surface area contributed by atoms with Gasteiger partial charge in [-0.3, -0.25) is 0 Å². The zero-order valence-electron chi connectivity index (χ0n) is 21.6. The van der Waals surface area contributed by atoms with Crippen LogP contribution in [0.3, 0.4) is 0 Å². The van der Waals surface area contributed by atoms with Crippen molar-refractivity contribution in [2.24, 2.45) is 0 Å². The highest BCUT2D eigenvalue weighted by Gasteiger charge is 2.53. The van der Waals surface area contributed by atoms with Crippen molar-refractivity contribution >= 4 is 9.84 Å². The molecule has 2 bridgehead atoms. The molecule has 0 unspecified atom stereocenters. The number of para-hydroxylation sites is 1. The van der Waals surface area contributed by atoms with E-state index in [1.54, 1.807) is 6.07 Å². The first-order chi connectivity index (χ1) is 18.0. The van der Waals surface area contributed by atoms with Gasteiger partial charge in [-0.05, 0) is 60.6 Å². The largest absolute Gasteiger partial charge is 0.507 e. The molecule has 196 valence electrons. The molecule has 0 spiro atoms. The van der Waals surface area contributed by atoms with E-state index >= 15 is 0 Å². The molecule has 2 heterocycles. The first-order valence-corrected chi connectivity index (χ1v) is 15.2. The van der Waals surface area contributed by atoms with Crippen LogP contribution in [0.1, 0.15) is 56.6 Å². The Balaban J connectivity index is 1.26. The van der Waals surface area contributed by atoms with E-state index in [1.165, 1.54) is 24.8 Å². The number of hydrogen-bond acceptors (Lipinski definition) is 5. The molecule has 3 aromatic carbocycles. The predicted octanol–water partition coefficient (Wildman–Crippen LogP) is 5.62. The number of rotatable bonds is 11. The van der Waals surface area contributed by atoms with Gasteiger partial charge in [0.15, 0.2) is 9.84 Å². The Hall–Kier alpha value is -2.67. The molecule has 2 fully saturated rings. The average Bonchev–Trinajstić information content (AvgIpc) is 3.53. The van der Waals surface area contributed by atoms with Crippen LogP contribution in [0, 0.1) is 0 Å². The van der Waals surface area contributed by atoms with E-state index in [4.69, 9.17) is 0 Å². The number of fused-ring (bicyclic) bond motifs is 2. The molecular formula is C31H38N2O3S. The minimum Gasteiger partial charge on any atom is -0.507 e. The summed E-state index contributed by atoms with van der Waals surface area (Å²) in [5.41, 5.74) is 4.06. The van der Waals surface area contributed by atoms with Crippen LogP contribution in [0.25, 0.3) is 11.1 Å². The molecule has 2 saturated heterocycles. The van der Waals surface area contributed by atoms with E-state index in [0.717, 1.165) is 42.4 Å². The molecule has 5 rings (SSSR count). The van der Waals surface area contributed by atoms with Gasteiger partial charge in [0, 0.05) is 30.2 Å². The third-order valence-electron chi connectivity index (χ3n) is 8.04. The van der Waals surface area contributed by atoms with Gasteiger partial charge in [-0.25, -0.2) is 8.42 Å². The van der Waals surface area contributed by atoms with Crippen molar-refractivity contribution in [1.82, 2.24) is 10.6 Å². The maximum atomic E-state index is 13.8. The monoisotopic (exact) mass is 518 g/mol. The average molecular weight is 519 g/mol. The summed E-state index contributed by atoms with van der Waals surface area (Å²) in [4.78, 5) is 0.433. The van der Waals surface area contributed by atoms with Crippen LogP contribution in [0.4, 0.5) is 0 Å². The summed E-state index contributed by atoms with van der Waals surface area (Å²) in [6.45, 7) is 2.81. The number of sulfone groups is 1. The first-order valence-electron chi connectivity index (χ1n) is 13.7. The second-order valence-corrected chi connectivity index (χ2v) is 12.6. The minimum absolute atomic E-state index is 0.00958. The third kappa shape index (κ3) is 5.62. The zero-order valence-corrected chi connectivity index (χ0v) is 22.4. The van der Waals surface area contributed by atoms with Crippen LogP contribution in [0.5, 0.6) is 5.75 Å². The van der Waals surface area contributed by atoms with Gasteiger partial charge < -0.3 is 15.7 Å². The van der Waals surface area contributed by atoms with Crippen molar-refractivity contribution in [3.05, 3.63) is 83.9 Å². The molecule has 3 aromatic rings. The minimum atomic E-state index is -3.47. The van der Waals surface area contributed by atoms with Gasteiger partial charge in [-0.1, -0.05) is 80.8 Å². The summed E-state index contributed by atoms with van der Waals surface area (Å²) in [5.74, 6) is 0.263. The molecule has 6 heteroatoms. The van der Waals surface area contributed by atoms with Crippen molar-refractivity contribution in [3.63, 3.8) is 0 Å². The number of hydrogen-bond donors (Lipinski definition) is 3. The highest BCUT2D eigenvalue weighted by atomic mass is 32.2. The van der Waals surface area contributed by atoms with Crippen LogP contribution in [0.2, 0.25) is 0 Å². The van der Waals surface area contributed by atoms with Gasteiger partial charge in [-0.2, -0.15) is 0 Å². The molecular weight excluding hydrogens is 480 g/mol. The maximum Gasteiger partial charge on any atom is 0.184 e. The van der Waals surface area contributed by atoms with Crippen molar-refractivity contribution < 1.29 is 13.5 Å². The number of benzene rings is 3. The number of aromatic hydroxyl groups is 1. The van der Waals surface area contributed by atoms with Crippen molar-refractivity contribution in [1.29, 1.82) is 0 Å². The fourth-order valence-corrected chi connectivity index (χ4v) is 8.15. The molecule has 5 nitrogen and oxygen atoms in total. The van der Waals surface area contributed by atoms with Gasteiger partial charge in [0.1, 0.15) is 5.75 Å². The maximum absolute atomic E-state index is 13.8. The zero-order chi connectivity index (χ0) is 25.8. The summed E-state index contributed by atoms with van der Waals surface area (Å²) < 4.78 is 27.6. The molecule has 37 heavy (non-hydrogen) atoms. The fourth-order valence-electron chi connectivity index (χ4n) is 6.00. The van der Waals surface area contributed by atoms with Crippen molar-refractivity contribution in [2.45, 2.75) is 86.7 Å². The van der Waals surface area contributed by atoms with Crippen molar-refractivity contribution in [3.8, 4) is 16.9 Å². The number of aryl methyl sites for hydroxylation is 1. The van der Waals surface area contributed by atoms with Gasteiger partial charge in [0.25, 0.3) is 0 Å². The molecule has 3 N–H and O–H groups in total. The van der Waals surface area contributed by atoms with E-state index in [-0.39, 0.29) is 23.9 Å². The SMILES string of the molecule is CCCCCCc1ccc(S(=O)(=O)[C@@H]2[C@@H](NCc3ccc(-c4ccccc4O)cc3)[C@@H]3CC[C@H]2N3)cc1. The number of nitrogens with one attached hydrogen (secondary N) is 2. The lowest BCUT2D eigenvalue weighted by Crippen LogP contribution is -2.50. The highest BCUT2D eigenvalue weighted by molar-refractivity contribution is 7.92. The molecule has 0 amide bonds. The van der Waals surface area contributed by atoms with E-state index < -0.39 is 15.1 Å². The molecule has 0 aromatic heterocycles. The van der Waals surface area contributed by atoms with Crippen LogP contribution in [-0.4, -0.2) is 36.9 Å². The Morgan fingerprint density at radius 2 is 1.57 bits per heavy atom. The molecule has 0 aliphatic carbocycles. The Labute approximate surface area is 221 Å². The van der Waals surface area contributed by atoms with E-state index in [0.29, 0.717) is 11.4 Å². The highest BCUT2D eigenvalue weighted by Crippen LogP contribution is 2.36. The summed E-state index contributed by atoms with van der Waals surface area (Å²) in [5, 5.41) is 16.8. The lowest BCUT2D eigenvalue weighted by atomic mass is 9.94. The fraction of sp³-hybridized carbons (Fsp3) is 0.419. The van der Waals surface area contributed by atoms with Gasteiger partial charge in [0.05, 0.1) is 10.1 Å². The standard InChI is InChI=1S/C31H38N2O3S/c1-2-3-4-5-8-22-13-17-25(18-14-22)37(35,36)31-28-20-19-27(33-28)30(31)32-21-23-11-15-24(16-12-23)26-9-6-7-10-29(26)34/h6-7,9-18,27-28,30-34H,2-5,8,19-21H2,1H3/t27-,28+,30-,31-/m0/s1. The second-order valence-electron chi connectivity index (χ2n) is 10.5. The smallest absolute Gasteiger partial charge is 0.184 e. The quantitative estimate of drug-likeness (QED) is 0.287. The van der Waals surface area contributed by atoms with Gasteiger partial charge in [-0.15, -0.1) is 0 Å². The first kappa shape index (κ1) is 26.0. The second kappa shape index (κ2) is 11.4. The number of phenols is 1. The van der Waals surface area contributed by atoms with E-state index in [1.807, 2.05) is 66.7 Å². The van der Waals surface area contributed by atoms with Crippen LogP contribution in [0.15, 0.2) is 77.7 Å². The number of unbranched alkanes of at least 4 members (excludes halogenated alkanes) is 3. The predicted molar refractivity (Wildman–Crippen MR) is 149 cm³/mol. The Bertz CT molecular complexity index is 1290. The van der Waals surface area contributed by atoms with Crippen LogP contribution < -0.4 is 10.6 Å². The van der Waals surface area contributed by atoms with E-state index in [2.05, 4.69) is 17.6 Å². The Morgan fingerprint density at radius 3 is 2.30 bits per heavy atom. The summed E-state index contributed by atoms with van der Waals surface area (Å²) in [7, 11) is -3.47. The molecule has 0 radical (unpaired) electrons. The lowest BCUT2D eigenvalue weighted by Gasteiger charge is -2.30. The molecule has 0 saturated carbocycles. The topological polar surface area (TPSA) is 78.4 Å². The lowest BCUT2D eigenvalue weighted by molar-refractivity contribution is 0.409. The Morgan fingerprint density at radius 1 is 0.865 bits per heavy atom. The number of phenolic OH excluding ortho intramolecular Hbond substituents is 1. The summed E-state index contributed by atoms with van der Waals surface area (Å²) >= 11 is 0. The van der Waals surface area contributed by atoms with E-state index in [9.17, 15) is 13.5 Å². The Kier molecular flexibility index (Phi) is 7.98. The van der Waals surface area contributed by atoms with Crippen LogP contribution in [-0.2, 0) is 22.8 Å². The molecule has 2 aliphatic heterocycles.